The van der Waals surface area contributed by atoms with E-state index in [-0.39, 0.29) is 6.04 Å². The van der Waals surface area contributed by atoms with Gasteiger partial charge in [0.1, 0.15) is 0 Å². The van der Waals surface area contributed by atoms with Crippen LogP contribution in [0.5, 0.6) is 0 Å². The lowest BCUT2D eigenvalue weighted by Crippen LogP contribution is -2.27. The lowest BCUT2D eigenvalue weighted by Gasteiger charge is -2.32. The summed E-state index contributed by atoms with van der Waals surface area (Å²) in [5.74, 6) is 0. The zero-order valence-corrected chi connectivity index (χ0v) is 31.6. The summed E-state index contributed by atoms with van der Waals surface area (Å²) in [4.78, 5) is 3.92. The zero-order chi connectivity index (χ0) is 37.7. The second-order valence-electron chi connectivity index (χ2n) is 16.4. The molecule has 270 valence electrons. The first-order chi connectivity index (χ1) is 28.8. The predicted octanol–water partition coefficient (Wildman–Crippen LogP) is 13.9. The van der Waals surface area contributed by atoms with E-state index < -0.39 is 5.41 Å². The van der Waals surface area contributed by atoms with Crippen LogP contribution in [-0.4, -0.2) is 14.1 Å². The molecule has 2 unspecified atom stereocenters. The van der Waals surface area contributed by atoms with Gasteiger partial charge in [0, 0.05) is 60.2 Å². The third-order valence-corrected chi connectivity index (χ3v) is 13.8. The molecule has 3 aliphatic rings. The second kappa shape index (κ2) is 10.9. The molecule has 8 aromatic carbocycles. The third-order valence-electron chi connectivity index (χ3n) is 13.8. The molecule has 3 heterocycles. The molecule has 0 radical (unpaired) electrons. The number of hydrogen-bond acceptors (Lipinski definition) is 0. The number of benzene rings is 8. The number of hydrogen-bond donors (Lipinski definition) is 1. The Morgan fingerprint density at radius 3 is 1.86 bits per heavy atom. The molecule has 11 aromatic rings. The van der Waals surface area contributed by atoms with Crippen molar-refractivity contribution in [3.05, 3.63) is 210 Å². The molecule has 1 N–H and O–H groups in total. The number of aromatic amines is 1. The molecule has 0 saturated carbocycles. The number of H-pyrrole nitrogens is 1. The minimum absolute atomic E-state index is 0.0851. The summed E-state index contributed by atoms with van der Waals surface area (Å²) < 4.78 is 5.18. The van der Waals surface area contributed by atoms with Gasteiger partial charge in [0.2, 0.25) is 0 Å². The molecule has 3 heteroatoms. The summed E-state index contributed by atoms with van der Waals surface area (Å²) in [7, 11) is 0. The van der Waals surface area contributed by atoms with Crippen LogP contribution >= 0.6 is 0 Å². The van der Waals surface area contributed by atoms with E-state index in [9.17, 15) is 0 Å². The van der Waals surface area contributed by atoms with Gasteiger partial charge in [-0.3, -0.25) is 0 Å². The van der Waals surface area contributed by atoms with Gasteiger partial charge in [-0.05, 0) is 76.2 Å². The quantitative estimate of drug-likeness (QED) is 0.183. The highest BCUT2D eigenvalue weighted by molar-refractivity contribution is 6.18. The van der Waals surface area contributed by atoms with Crippen LogP contribution < -0.4 is 0 Å². The van der Waals surface area contributed by atoms with E-state index in [1.54, 1.807) is 0 Å². The lowest BCUT2D eigenvalue weighted by molar-refractivity contribution is 0.642. The Labute approximate surface area is 334 Å². The van der Waals surface area contributed by atoms with E-state index in [2.05, 4.69) is 202 Å². The van der Waals surface area contributed by atoms with E-state index in [1.165, 1.54) is 116 Å². The van der Waals surface area contributed by atoms with E-state index >= 15 is 0 Å². The van der Waals surface area contributed by atoms with Gasteiger partial charge in [0.15, 0.2) is 0 Å². The average Bonchev–Trinajstić information content (AvgIpc) is 4.07. The normalized spacial score (nSPS) is 17.9. The number of nitrogens with one attached hydrogen (secondary N) is 1. The van der Waals surface area contributed by atoms with Crippen LogP contribution in [-0.2, 0) is 5.41 Å². The van der Waals surface area contributed by atoms with Crippen LogP contribution in [0.4, 0.5) is 0 Å². The van der Waals surface area contributed by atoms with Crippen molar-refractivity contribution in [3.8, 4) is 22.3 Å². The Balaban J connectivity index is 1.12. The molecule has 0 saturated heterocycles. The Morgan fingerprint density at radius 1 is 0.483 bits per heavy atom. The van der Waals surface area contributed by atoms with Gasteiger partial charge in [0.05, 0.1) is 33.5 Å². The summed E-state index contributed by atoms with van der Waals surface area (Å²) in [5, 5.41) is 7.71. The molecular formula is C55H35N3. The maximum atomic E-state index is 3.92. The Hall–Kier alpha value is -7.36. The van der Waals surface area contributed by atoms with Gasteiger partial charge < -0.3 is 14.1 Å². The molecule has 58 heavy (non-hydrogen) atoms. The summed E-state index contributed by atoms with van der Waals surface area (Å²) in [6, 6.07) is 63.7. The fourth-order valence-electron chi connectivity index (χ4n) is 11.6. The monoisotopic (exact) mass is 737 g/mol. The summed E-state index contributed by atoms with van der Waals surface area (Å²) in [6.45, 7) is 0. The van der Waals surface area contributed by atoms with Crippen molar-refractivity contribution in [3.63, 3.8) is 0 Å². The molecule has 3 aliphatic carbocycles. The van der Waals surface area contributed by atoms with Crippen LogP contribution in [0, 0.1) is 0 Å². The van der Waals surface area contributed by atoms with Crippen molar-refractivity contribution in [1.82, 2.24) is 14.1 Å². The van der Waals surface area contributed by atoms with Crippen molar-refractivity contribution in [1.29, 1.82) is 0 Å². The molecule has 0 bridgehead atoms. The predicted molar refractivity (Wildman–Crippen MR) is 242 cm³/mol. The molecule has 1 spiro atoms. The number of rotatable bonds is 2. The van der Waals surface area contributed by atoms with Crippen molar-refractivity contribution in [2.24, 2.45) is 0 Å². The highest BCUT2D eigenvalue weighted by atomic mass is 15.0. The third kappa shape index (κ3) is 3.62. The number of allylic oxidation sites excluding steroid dienone is 4. The largest absolute Gasteiger partial charge is 0.354 e. The van der Waals surface area contributed by atoms with Crippen molar-refractivity contribution in [2.45, 2.75) is 17.9 Å². The van der Waals surface area contributed by atoms with Crippen LogP contribution in [0.15, 0.2) is 188 Å². The molecule has 14 rings (SSSR count). The van der Waals surface area contributed by atoms with Crippen molar-refractivity contribution < 1.29 is 0 Å². The van der Waals surface area contributed by atoms with Gasteiger partial charge in [0.25, 0.3) is 0 Å². The molecule has 3 nitrogen and oxygen atoms in total. The molecule has 3 aromatic heterocycles. The van der Waals surface area contributed by atoms with Gasteiger partial charge in [-0.1, -0.05) is 152 Å². The molecule has 0 fully saturated rings. The molecule has 0 aliphatic heterocycles. The minimum Gasteiger partial charge on any atom is -0.354 e. The minimum atomic E-state index is -0.515. The van der Waals surface area contributed by atoms with Crippen LogP contribution in [0.2, 0.25) is 0 Å². The standard InChI is InChI=1S/C55H35N3/c1-7-22-44-35(16-1)40-28-29-42-39-20-6-12-27-50(39)58(34-15-13-14-33(32-34)57-48-25-10-4-18-37(48)38-19-5-11-26-49(38)57)54(42)52(40)55(44)45-23-8-2-21-43(45)51-46(55)31-30-41-36-17-3-9-24-47(36)56-53(41)51/h1-14,16-32,34,56H,15H2. The Bertz CT molecular complexity index is 3620. The van der Waals surface area contributed by atoms with Crippen molar-refractivity contribution in [2.75, 3.05) is 0 Å². The first kappa shape index (κ1) is 30.8. The zero-order valence-electron chi connectivity index (χ0n) is 31.6. The van der Waals surface area contributed by atoms with E-state index in [0.717, 1.165) is 6.42 Å². The second-order valence-corrected chi connectivity index (χ2v) is 16.4. The van der Waals surface area contributed by atoms with Gasteiger partial charge in [-0.25, -0.2) is 0 Å². The van der Waals surface area contributed by atoms with Crippen molar-refractivity contribution >= 4 is 71.1 Å². The Morgan fingerprint density at radius 2 is 1.09 bits per heavy atom. The first-order valence-corrected chi connectivity index (χ1v) is 20.5. The number of para-hydroxylation sites is 4. The topological polar surface area (TPSA) is 25.6 Å². The summed E-state index contributed by atoms with van der Waals surface area (Å²) in [5.41, 5.74) is 18.9. The smallest absolute Gasteiger partial charge is 0.0747 e. The highest BCUT2D eigenvalue weighted by Crippen LogP contribution is 2.65. The maximum Gasteiger partial charge on any atom is 0.0747 e. The van der Waals surface area contributed by atoms with Crippen LogP contribution in [0.25, 0.3) is 93.4 Å². The SMILES string of the molecule is C1=CC(n2c3ccccc3c3ccccc32)=CC(n2c3ccccc3c3ccc4c(c32)C2(c3ccccc3-4)c3ccccc3-c3c2ccc2c3[nH]c3ccccc32)C1. The molecular weight excluding hydrogens is 703 g/mol. The number of fused-ring (bicyclic) bond motifs is 21. The fraction of sp³-hybridized carbons (Fsp3) is 0.0545. The van der Waals surface area contributed by atoms with E-state index in [1.807, 2.05) is 0 Å². The van der Waals surface area contributed by atoms with Crippen LogP contribution in [0.1, 0.15) is 34.7 Å². The van der Waals surface area contributed by atoms with Gasteiger partial charge in [-0.15, -0.1) is 0 Å². The average molecular weight is 738 g/mol. The lowest BCUT2D eigenvalue weighted by atomic mass is 9.70. The summed E-state index contributed by atoms with van der Waals surface area (Å²) in [6.07, 6.45) is 8.16. The highest BCUT2D eigenvalue weighted by Gasteiger charge is 2.53. The fourth-order valence-corrected chi connectivity index (χ4v) is 11.6. The van der Waals surface area contributed by atoms with E-state index in [4.69, 9.17) is 0 Å². The number of aromatic nitrogens is 3. The Kier molecular flexibility index (Phi) is 5.81. The van der Waals surface area contributed by atoms with E-state index in [0.29, 0.717) is 0 Å². The number of nitrogens with zero attached hydrogens (tertiary/aromatic N) is 2. The first-order valence-electron chi connectivity index (χ1n) is 20.5. The van der Waals surface area contributed by atoms with Crippen LogP contribution in [0.3, 0.4) is 0 Å². The molecule has 2 atom stereocenters. The maximum absolute atomic E-state index is 3.92. The molecule has 0 amide bonds. The van der Waals surface area contributed by atoms with Gasteiger partial charge in [-0.2, -0.15) is 0 Å². The van der Waals surface area contributed by atoms with Gasteiger partial charge >= 0.3 is 0 Å². The summed E-state index contributed by atoms with van der Waals surface area (Å²) >= 11 is 0.